The molecule has 0 saturated carbocycles. The number of urea groups is 2. The summed E-state index contributed by atoms with van der Waals surface area (Å²) in [7, 11) is 4.43. The fourth-order valence-electron chi connectivity index (χ4n) is 0.478. The zero-order valence-electron chi connectivity index (χ0n) is 6.32. The van der Waals surface area contributed by atoms with Crippen molar-refractivity contribution in [2.45, 2.75) is 0 Å². The van der Waals surface area contributed by atoms with E-state index in [1.165, 1.54) is 21.1 Å². The van der Waals surface area contributed by atoms with Gasteiger partial charge in [0.2, 0.25) is 0 Å². The molecule has 0 aromatic carbocycles. The first-order chi connectivity index (χ1) is 4.63. The highest BCUT2D eigenvalue weighted by molar-refractivity contribution is 5.78. The topological polar surface area (TPSA) is 62.6 Å². The Bertz CT molecular complexity index is 130. The molecule has 0 atom stereocenters. The summed E-state index contributed by atoms with van der Waals surface area (Å²) in [6, 6.07) is -0.696. The fraction of sp³-hybridized carbons (Fsp3) is 0.600. The lowest BCUT2D eigenvalue weighted by Gasteiger charge is -2.05. The molecule has 10 heavy (non-hydrogen) atoms. The molecular weight excluding hydrogens is 134 g/mol. The number of rotatable bonds is 0. The van der Waals surface area contributed by atoms with Crippen molar-refractivity contribution >= 4 is 12.1 Å². The summed E-state index contributed by atoms with van der Waals surface area (Å²) >= 11 is 0. The molecule has 3 N–H and O–H groups in total. The van der Waals surface area contributed by atoms with Crippen molar-refractivity contribution in [3.8, 4) is 0 Å². The third kappa shape index (κ3) is 2.02. The molecule has 0 radical (unpaired) electrons. The fourth-order valence-corrected chi connectivity index (χ4v) is 0.478. The van der Waals surface area contributed by atoms with Gasteiger partial charge in [0, 0.05) is 14.1 Å². The summed E-state index contributed by atoms with van der Waals surface area (Å²) in [6.45, 7) is 0. The molecule has 0 unspecified atom stereocenters. The number of nitrogens with one attached hydrogen (secondary N) is 3. The lowest BCUT2D eigenvalue weighted by atomic mass is 10.7. The predicted octanol–water partition coefficient (Wildman–Crippen LogP) is -1.82. The second-order valence-corrected chi connectivity index (χ2v) is 1.78. The first-order valence-electron chi connectivity index (χ1n) is 2.91. The number of imide groups is 1. The van der Waals surface area contributed by atoms with Gasteiger partial charge in [-0.2, -0.15) is 4.90 Å². The van der Waals surface area contributed by atoms with E-state index in [1.807, 2.05) is 0 Å². The van der Waals surface area contributed by atoms with E-state index >= 15 is 0 Å². The molecule has 0 heterocycles. The molecule has 0 spiro atoms. The maximum Gasteiger partial charge on any atom is 0.423 e. The number of hydrogen-bond donors (Lipinski definition) is 3. The predicted molar refractivity (Wildman–Crippen MR) is 35.8 cm³/mol. The summed E-state index contributed by atoms with van der Waals surface area (Å²) in [5, 5.41) is 4.69. The molecular formula is C5H12N3O2+. The summed E-state index contributed by atoms with van der Waals surface area (Å²) in [6.07, 6.45) is 0. The van der Waals surface area contributed by atoms with Crippen molar-refractivity contribution in [3.05, 3.63) is 0 Å². The number of hydrogen-bond acceptors (Lipinski definition) is 2. The van der Waals surface area contributed by atoms with Crippen molar-refractivity contribution in [2.24, 2.45) is 0 Å². The van der Waals surface area contributed by atoms with Crippen LogP contribution >= 0.6 is 0 Å². The highest BCUT2D eigenvalue weighted by Crippen LogP contribution is 1.52. The van der Waals surface area contributed by atoms with Crippen molar-refractivity contribution in [1.29, 1.82) is 0 Å². The molecule has 0 rings (SSSR count). The van der Waals surface area contributed by atoms with Crippen LogP contribution in [0.2, 0.25) is 0 Å². The van der Waals surface area contributed by atoms with Gasteiger partial charge >= 0.3 is 12.1 Å². The third-order valence-electron chi connectivity index (χ3n) is 1.14. The highest BCUT2D eigenvalue weighted by Gasteiger charge is 2.19. The van der Waals surface area contributed by atoms with Crippen LogP contribution in [0.3, 0.4) is 0 Å². The number of quaternary nitrogens is 1. The average molecular weight is 146 g/mol. The quantitative estimate of drug-likeness (QED) is 0.377. The van der Waals surface area contributed by atoms with E-state index in [4.69, 9.17) is 0 Å². The van der Waals surface area contributed by atoms with Crippen LogP contribution in [0.15, 0.2) is 0 Å². The molecule has 4 amide bonds. The van der Waals surface area contributed by atoms with Crippen LogP contribution in [-0.4, -0.2) is 33.2 Å². The maximum absolute atomic E-state index is 10.7. The number of amides is 4. The average Bonchev–Trinajstić information content (AvgIpc) is 2.00. The van der Waals surface area contributed by atoms with E-state index in [1.54, 1.807) is 0 Å². The Hall–Kier alpha value is -1.10. The molecule has 0 aliphatic rings. The molecule has 5 heteroatoms. The van der Waals surface area contributed by atoms with Crippen LogP contribution < -0.4 is 15.5 Å². The van der Waals surface area contributed by atoms with Gasteiger partial charge in [0.15, 0.2) is 0 Å². The Balaban J connectivity index is 3.94. The minimum Gasteiger partial charge on any atom is -0.308 e. The molecule has 0 aliphatic heterocycles. The van der Waals surface area contributed by atoms with Crippen molar-refractivity contribution in [2.75, 3.05) is 21.1 Å². The number of carbonyl (C=O) groups is 2. The zero-order chi connectivity index (χ0) is 8.15. The largest absolute Gasteiger partial charge is 0.423 e. The molecule has 0 fully saturated rings. The van der Waals surface area contributed by atoms with Crippen LogP contribution in [0.25, 0.3) is 0 Å². The Kier molecular flexibility index (Phi) is 3.42. The van der Waals surface area contributed by atoms with Gasteiger partial charge < -0.3 is 10.6 Å². The summed E-state index contributed by atoms with van der Waals surface area (Å²) in [5.41, 5.74) is 0. The first kappa shape index (κ1) is 8.90. The van der Waals surface area contributed by atoms with Crippen LogP contribution in [0.5, 0.6) is 0 Å². The van der Waals surface area contributed by atoms with Gasteiger partial charge in [-0.1, -0.05) is 0 Å². The van der Waals surface area contributed by atoms with Crippen LogP contribution in [0.1, 0.15) is 0 Å². The van der Waals surface area contributed by atoms with E-state index in [-0.39, 0.29) is 17.0 Å². The van der Waals surface area contributed by atoms with E-state index in [9.17, 15) is 9.59 Å². The monoisotopic (exact) mass is 146 g/mol. The Morgan fingerprint density at radius 3 is 1.60 bits per heavy atom. The molecule has 0 aromatic rings. The number of carbonyl (C=O) groups excluding carboxylic acids is 2. The lowest BCUT2D eigenvalue weighted by Crippen LogP contribution is -3.16. The van der Waals surface area contributed by atoms with Gasteiger partial charge in [-0.15, -0.1) is 0 Å². The highest BCUT2D eigenvalue weighted by atomic mass is 16.2. The standard InChI is InChI=1S/C5H11N3O2/c1-6-4(9)8(3)5(10)7-2/h1-3H3,(H,6,9)(H,7,10)/p+1. The van der Waals surface area contributed by atoms with Crippen molar-refractivity contribution in [1.82, 2.24) is 10.6 Å². The van der Waals surface area contributed by atoms with Gasteiger partial charge in [-0.3, -0.25) is 0 Å². The first-order valence-corrected chi connectivity index (χ1v) is 2.91. The Morgan fingerprint density at radius 2 is 1.40 bits per heavy atom. The van der Waals surface area contributed by atoms with Gasteiger partial charge in [0.1, 0.15) is 0 Å². The van der Waals surface area contributed by atoms with Crippen LogP contribution in [0, 0.1) is 0 Å². The minimum absolute atomic E-state index is 0.171. The van der Waals surface area contributed by atoms with E-state index in [0.717, 1.165) is 0 Å². The van der Waals surface area contributed by atoms with E-state index in [2.05, 4.69) is 10.6 Å². The second-order valence-electron chi connectivity index (χ2n) is 1.78. The van der Waals surface area contributed by atoms with Crippen LogP contribution in [-0.2, 0) is 0 Å². The molecule has 5 nitrogen and oxygen atoms in total. The van der Waals surface area contributed by atoms with E-state index in [0.29, 0.717) is 0 Å². The smallest absolute Gasteiger partial charge is 0.308 e. The molecule has 0 aromatic heterocycles. The van der Waals surface area contributed by atoms with Gasteiger partial charge in [-0.25, -0.2) is 9.59 Å². The van der Waals surface area contributed by atoms with Crippen LogP contribution in [0.4, 0.5) is 9.59 Å². The minimum atomic E-state index is -0.348. The zero-order valence-corrected chi connectivity index (χ0v) is 6.32. The molecule has 0 saturated heterocycles. The van der Waals surface area contributed by atoms with Gasteiger partial charge in [0.25, 0.3) is 0 Å². The van der Waals surface area contributed by atoms with E-state index < -0.39 is 0 Å². The summed E-state index contributed by atoms with van der Waals surface area (Å²) in [5.74, 6) is 0. The summed E-state index contributed by atoms with van der Waals surface area (Å²) in [4.78, 5) is 21.6. The Morgan fingerprint density at radius 1 is 1.10 bits per heavy atom. The summed E-state index contributed by atoms with van der Waals surface area (Å²) < 4.78 is 0. The maximum atomic E-state index is 10.7. The molecule has 0 aliphatic carbocycles. The van der Waals surface area contributed by atoms with Crippen molar-refractivity contribution in [3.63, 3.8) is 0 Å². The van der Waals surface area contributed by atoms with Gasteiger partial charge in [0.05, 0.1) is 7.05 Å². The second kappa shape index (κ2) is 3.84. The van der Waals surface area contributed by atoms with Crippen molar-refractivity contribution < 1.29 is 14.5 Å². The SMILES string of the molecule is CNC(=O)[NH+](C)C(=O)NC. The molecule has 0 bridgehead atoms. The normalized spacial score (nSPS) is 9.20. The third-order valence-corrected chi connectivity index (χ3v) is 1.14. The molecule has 58 valence electrons. The Labute approximate surface area is 59.4 Å². The lowest BCUT2D eigenvalue weighted by molar-refractivity contribution is -0.700. The van der Waals surface area contributed by atoms with Gasteiger partial charge in [-0.05, 0) is 0 Å².